The van der Waals surface area contributed by atoms with E-state index in [9.17, 15) is 9.59 Å². The molecule has 2 aromatic heterocycles. The van der Waals surface area contributed by atoms with Gasteiger partial charge in [0.05, 0.1) is 44.8 Å². The summed E-state index contributed by atoms with van der Waals surface area (Å²) in [6.45, 7) is 8.36. The van der Waals surface area contributed by atoms with E-state index in [-0.39, 0.29) is 18.4 Å². The van der Waals surface area contributed by atoms with Crippen LogP contribution in [0.5, 0.6) is 0 Å². The first-order valence-electron chi connectivity index (χ1n) is 15.7. The van der Waals surface area contributed by atoms with Crippen LogP contribution in [0.25, 0.3) is 21.9 Å². The van der Waals surface area contributed by atoms with Gasteiger partial charge in [-0.2, -0.15) is 0 Å². The Kier molecular flexibility index (Phi) is 11.6. The Labute approximate surface area is 270 Å². The van der Waals surface area contributed by atoms with Crippen molar-refractivity contribution in [2.24, 2.45) is 7.05 Å². The van der Waals surface area contributed by atoms with Crippen LogP contribution >= 0.6 is 0 Å². The predicted molar refractivity (Wildman–Crippen MR) is 179 cm³/mol. The number of aryl methyl sites for hydroxylation is 1. The first-order valence-corrected chi connectivity index (χ1v) is 15.7. The van der Waals surface area contributed by atoms with Gasteiger partial charge in [0, 0.05) is 73.4 Å². The molecule has 0 bridgehead atoms. The Bertz CT molecular complexity index is 1630. The van der Waals surface area contributed by atoms with E-state index in [0.717, 1.165) is 41.8 Å². The number of rotatable bonds is 17. The lowest BCUT2D eigenvalue weighted by atomic mass is 9.93. The van der Waals surface area contributed by atoms with Crippen LogP contribution in [0, 0.1) is 0 Å². The summed E-state index contributed by atoms with van der Waals surface area (Å²) in [6.07, 6.45) is 5.22. The second kappa shape index (κ2) is 16.0. The number of likely N-dealkylation sites (N-methyl/N-ethyl adjacent to an activating group) is 1. The SMILES string of the molecule is C=CC(=O)NCCOCCOCCOCC(=O)Nc1ccc2c([C@H]3CN(Cc4cccc5ccoc45)C[C@@H]3N(C)C)cn(C)c2c1. The molecule has 2 amide bonds. The fourth-order valence-electron chi connectivity index (χ4n) is 6.15. The Morgan fingerprint density at radius 3 is 2.61 bits per heavy atom. The number of carbonyl (C=O) groups excluding carboxylic acids is 2. The van der Waals surface area contributed by atoms with Gasteiger partial charge in [-0.05, 0) is 43.9 Å². The fraction of sp³-hybridized carbons (Fsp3) is 0.429. The van der Waals surface area contributed by atoms with Gasteiger partial charge in [0.1, 0.15) is 12.2 Å². The molecule has 2 aromatic carbocycles. The molecule has 0 aliphatic carbocycles. The van der Waals surface area contributed by atoms with E-state index in [1.54, 1.807) is 6.26 Å². The highest BCUT2D eigenvalue weighted by Gasteiger charge is 2.37. The molecule has 4 aromatic rings. The van der Waals surface area contributed by atoms with E-state index in [0.29, 0.717) is 51.5 Å². The van der Waals surface area contributed by atoms with E-state index in [1.807, 2.05) is 18.2 Å². The molecule has 11 heteroatoms. The van der Waals surface area contributed by atoms with E-state index in [2.05, 4.69) is 83.2 Å². The standard InChI is InChI=1S/C35H45N5O6/c1-5-33(41)36-12-14-43-15-16-44-17-18-45-24-34(42)37-27-9-10-28-29(21-39(4)31(28)19-27)30-22-40(23-32(30)38(2)3)20-26-8-6-7-25-11-13-46-35(25)26/h5-11,13,19,21,30,32H,1,12,14-18,20,22-24H2,2-4H3,(H,36,41)(H,37,42)/t30-,32+/m1/s1. The molecule has 0 saturated carbocycles. The summed E-state index contributed by atoms with van der Waals surface area (Å²) in [5, 5.41) is 7.93. The Hall–Kier alpha value is -4.00. The third-order valence-electron chi connectivity index (χ3n) is 8.40. The number of para-hydroxylation sites is 1. The lowest BCUT2D eigenvalue weighted by molar-refractivity contribution is -0.121. The molecule has 46 heavy (non-hydrogen) atoms. The predicted octanol–water partition coefficient (Wildman–Crippen LogP) is 3.74. The zero-order valence-corrected chi connectivity index (χ0v) is 27.0. The highest BCUT2D eigenvalue weighted by Crippen LogP contribution is 2.37. The largest absolute Gasteiger partial charge is 0.464 e. The van der Waals surface area contributed by atoms with Gasteiger partial charge in [-0.15, -0.1) is 0 Å². The van der Waals surface area contributed by atoms with Gasteiger partial charge in [0.25, 0.3) is 0 Å². The second-order valence-corrected chi connectivity index (χ2v) is 11.8. The summed E-state index contributed by atoms with van der Waals surface area (Å²) in [7, 11) is 6.38. The maximum Gasteiger partial charge on any atom is 0.250 e. The number of benzene rings is 2. The van der Waals surface area contributed by atoms with Crippen molar-refractivity contribution in [3.63, 3.8) is 0 Å². The quantitative estimate of drug-likeness (QED) is 0.134. The molecule has 1 fully saturated rings. The summed E-state index contributed by atoms with van der Waals surface area (Å²) in [6, 6.07) is 14.8. The number of ether oxygens (including phenoxy) is 3. The smallest absolute Gasteiger partial charge is 0.250 e. The highest BCUT2D eigenvalue weighted by atomic mass is 16.5. The number of likely N-dealkylation sites (tertiary alicyclic amines) is 1. The normalized spacial score (nSPS) is 16.9. The molecule has 5 rings (SSSR count). The molecule has 0 radical (unpaired) electrons. The van der Waals surface area contributed by atoms with Crippen LogP contribution in [0.15, 0.2) is 72.0 Å². The molecular formula is C35H45N5O6. The van der Waals surface area contributed by atoms with Crippen molar-refractivity contribution in [3.05, 3.63) is 78.7 Å². The van der Waals surface area contributed by atoms with E-state index < -0.39 is 0 Å². The van der Waals surface area contributed by atoms with Crippen LogP contribution in [0.1, 0.15) is 17.0 Å². The molecule has 1 aliphatic rings. The van der Waals surface area contributed by atoms with E-state index >= 15 is 0 Å². The number of nitrogens with one attached hydrogen (secondary N) is 2. The zero-order valence-electron chi connectivity index (χ0n) is 27.0. The van der Waals surface area contributed by atoms with Crippen molar-refractivity contribution in [2.45, 2.75) is 18.5 Å². The van der Waals surface area contributed by atoms with Crippen LogP contribution in [-0.2, 0) is 37.4 Å². The van der Waals surface area contributed by atoms with Crippen LogP contribution in [0.4, 0.5) is 5.69 Å². The highest BCUT2D eigenvalue weighted by molar-refractivity contribution is 5.95. The lowest BCUT2D eigenvalue weighted by Crippen LogP contribution is -2.34. The van der Waals surface area contributed by atoms with E-state index in [4.69, 9.17) is 18.6 Å². The minimum atomic E-state index is -0.225. The van der Waals surface area contributed by atoms with Crippen molar-refractivity contribution < 1.29 is 28.2 Å². The van der Waals surface area contributed by atoms with Gasteiger partial charge in [-0.1, -0.05) is 30.8 Å². The Balaban J connectivity index is 1.10. The minimum Gasteiger partial charge on any atom is -0.464 e. The van der Waals surface area contributed by atoms with Gasteiger partial charge in [0.15, 0.2) is 0 Å². The number of furan rings is 1. The molecule has 11 nitrogen and oxygen atoms in total. The third kappa shape index (κ3) is 8.42. The van der Waals surface area contributed by atoms with E-state index in [1.165, 1.54) is 22.6 Å². The van der Waals surface area contributed by atoms with Crippen molar-refractivity contribution >= 4 is 39.4 Å². The average Bonchev–Trinajstić information content (AvgIpc) is 3.77. The average molecular weight is 632 g/mol. The molecule has 1 aliphatic heterocycles. The molecule has 1 saturated heterocycles. The molecule has 2 N–H and O–H groups in total. The first-order chi connectivity index (χ1) is 22.3. The monoisotopic (exact) mass is 631 g/mol. The molecule has 3 heterocycles. The second-order valence-electron chi connectivity index (χ2n) is 11.8. The molecule has 0 unspecified atom stereocenters. The van der Waals surface area contributed by atoms with Gasteiger partial charge in [-0.25, -0.2) is 0 Å². The molecule has 2 atom stereocenters. The number of hydrogen-bond donors (Lipinski definition) is 2. The van der Waals surface area contributed by atoms with Crippen LogP contribution in [-0.4, -0.2) is 106 Å². The Morgan fingerprint density at radius 1 is 1.04 bits per heavy atom. The van der Waals surface area contributed by atoms with Crippen LogP contribution in [0.3, 0.4) is 0 Å². The van der Waals surface area contributed by atoms with Gasteiger partial charge < -0.3 is 38.7 Å². The molecular weight excluding hydrogens is 586 g/mol. The number of fused-ring (bicyclic) bond motifs is 2. The maximum atomic E-state index is 12.6. The summed E-state index contributed by atoms with van der Waals surface area (Å²) in [4.78, 5) is 28.5. The van der Waals surface area contributed by atoms with Crippen LogP contribution < -0.4 is 10.6 Å². The number of aromatic nitrogens is 1. The number of carbonyl (C=O) groups is 2. The van der Waals surface area contributed by atoms with Crippen molar-refractivity contribution in [3.8, 4) is 0 Å². The molecule has 246 valence electrons. The number of nitrogens with zero attached hydrogens (tertiary/aromatic N) is 3. The topological polar surface area (TPSA) is 110 Å². The summed E-state index contributed by atoms with van der Waals surface area (Å²) in [5.74, 6) is -0.108. The fourth-order valence-corrected chi connectivity index (χ4v) is 6.15. The van der Waals surface area contributed by atoms with Gasteiger partial charge in [0.2, 0.25) is 11.8 Å². The number of amides is 2. The van der Waals surface area contributed by atoms with Gasteiger partial charge in [-0.3, -0.25) is 14.5 Å². The Morgan fingerprint density at radius 2 is 1.83 bits per heavy atom. The zero-order chi connectivity index (χ0) is 32.5. The van der Waals surface area contributed by atoms with Crippen molar-refractivity contribution in [1.82, 2.24) is 19.7 Å². The first kappa shape index (κ1) is 33.4. The van der Waals surface area contributed by atoms with Crippen molar-refractivity contribution in [1.29, 1.82) is 0 Å². The number of anilines is 1. The summed E-state index contributed by atoms with van der Waals surface area (Å²) in [5.41, 5.74) is 5.31. The molecule has 0 spiro atoms. The number of hydrogen-bond acceptors (Lipinski definition) is 8. The summed E-state index contributed by atoms with van der Waals surface area (Å²) >= 11 is 0. The third-order valence-corrected chi connectivity index (χ3v) is 8.40. The lowest BCUT2D eigenvalue weighted by Gasteiger charge is -2.25. The minimum absolute atomic E-state index is 0.0621. The summed E-state index contributed by atoms with van der Waals surface area (Å²) < 4.78 is 24.3. The van der Waals surface area contributed by atoms with Gasteiger partial charge >= 0.3 is 0 Å². The van der Waals surface area contributed by atoms with Crippen molar-refractivity contribution in [2.75, 3.05) is 78.7 Å². The maximum absolute atomic E-state index is 12.6. The van der Waals surface area contributed by atoms with Crippen LogP contribution in [0.2, 0.25) is 0 Å².